The third-order valence-corrected chi connectivity index (χ3v) is 4.26. The van der Waals surface area contributed by atoms with Crippen LogP contribution in [-0.2, 0) is 4.79 Å². The molecule has 0 aromatic carbocycles. The summed E-state index contributed by atoms with van der Waals surface area (Å²) in [7, 11) is 1.62. The summed E-state index contributed by atoms with van der Waals surface area (Å²) in [5.74, 6) is -0.257. The van der Waals surface area contributed by atoms with Gasteiger partial charge in [-0.2, -0.15) is 13.2 Å². The number of piperidine rings is 1. The average Bonchev–Trinajstić information content (AvgIpc) is 3.20. The molecule has 0 aromatic rings. The molecular weight excluding hydrogens is 285 g/mol. The van der Waals surface area contributed by atoms with E-state index in [9.17, 15) is 23.1 Å². The van der Waals surface area contributed by atoms with Gasteiger partial charge in [0.1, 0.15) is 0 Å². The van der Waals surface area contributed by atoms with Crippen LogP contribution >= 0.6 is 0 Å². The van der Waals surface area contributed by atoms with E-state index < -0.39 is 24.7 Å². The first kappa shape index (κ1) is 16.5. The Morgan fingerprint density at radius 2 is 2.05 bits per heavy atom. The van der Waals surface area contributed by atoms with Crippen molar-refractivity contribution in [3.05, 3.63) is 0 Å². The summed E-state index contributed by atoms with van der Waals surface area (Å²) in [4.78, 5) is 15.1. The molecule has 122 valence electrons. The van der Waals surface area contributed by atoms with Gasteiger partial charge in [-0.25, -0.2) is 0 Å². The Balaban J connectivity index is 1.83. The van der Waals surface area contributed by atoms with E-state index in [4.69, 9.17) is 0 Å². The molecule has 2 fully saturated rings. The summed E-state index contributed by atoms with van der Waals surface area (Å²) in [6.45, 7) is -0.135. The van der Waals surface area contributed by atoms with E-state index in [1.165, 1.54) is 9.80 Å². The van der Waals surface area contributed by atoms with Gasteiger partial charge in [0, 0.05) is 20.1 Å². The van der Waals surface area contributed by atoms with Crippen LogP contribution in [0.4, 0.5) is 13.2 Å². The van der Waals surface area contributed by atoms with Crippen LogP contribution in [0.25, 0.3) is 0 Å². The lowest BCUT2D eigenvalue weighted by Gasteiger charge is -2.34. The van der Waals surface area contributed by atoms with E-state index in [1.807, 2.05) is 0 Å². The number of hydrogen-bond acceptors (Lipinski definition) is 3. The van der Waals surface area contributed by atoms with Crippen LogP contribution in [0.5, 0.6) is 0 Å². The minimum Gasteiger partial charge on any atom is -0.391 e. The molecule has 0 spiro atoms. The second kappa shape index (κ2) is 6.52. The predicted molar refractivity (Wildman–Crippen MR) is 71.6 cm³/mol. The maximum Gasteiger partial charge on any atom is 0.401 e. The topological polar surface area (TPSA) is 43.8 Å². The van der Waals surface area contributed by atoms with E-state index in [2.05, 4.69) is 0 Å². The molecule has 0 radical (unpaired) electrons. The van der Waals surface area contributed by atoms with Gasteiger partial charge < -0.3 is 10.0 Å². The largest absolute Gasteiger partial charge is 0.401 e. The number of aliphatic hydroxyl groups is 1. The van der Waals surface area contributed by atoms with Gasteiger partial charge in [-0.05, 0) is 38.1 Å². The number of amides is 1. The zero-order valence-corrected chi connectivity index (χ0v) is 12.3. The van der Waals surface area contributed by atoms with Gasteiger partial charge >= 0.3 is 6.18 Å². The van der Waals surface area contributed by atoms with Gasteiger partial charge in [-0.15, -0.1) is 0 Å². The molecule has 1 saturated carbocycles. The molecule has 1 heterocycles. The molecule has 1 aliphatic carbocycles. The van der Waals surface area contributed by atoms with Crippen molar-refractivity contribution < 1.29 is 23.1 Å². The van der Waals surface area contributed by atoms with Crippen molar-refractivity contribution in [1.82, 2.24) is 9.80 Å². The van der Waals surface area contributed by atoms with E-state index in [-0.39, 0.29) is 24.9 Å². The monoisotopic (exact) mass is 308 g/mol. The lowest BCUT2D eigenvalue weighted by molar-refractivity contribution is -0.154. The molecule has 4 nitrogen and oxygen atoms in total. The smallest absolute Gasteiger partial charge is 0.391 e. The Labute approximate surface area is 122 Å². The highest BCUT2D eigenvalue weighted by atomic mass is 19.4. The maximum absolute atomic E-state index is 12.4. The zero-order chi connectivity index (χ0) is 15.6. The summed E-state index contributed by atoms with van der Waals surface area (Å²) < 4.78 is 37.3. The van der Waals surface area contributed by atoms with E-state index in [0.717, 1.165) is 12.8 Å². The third kappa shape index (κ3) is 5.14. The summed E-state index contributed by atoms with van der Waals surface area (Å²) in [5.41, 5.74) is 0. The maximum atomic E-state index is 12.4. The van der Waals surface area contributed by atoms with E-state index >= 15 is 0 Å². The molecule has 2 unspecified atom stereocenters. The van der Waals surface area contributed by atoms with Crippen molar-refractivity contribution in [3.63, 3.8) is 0 Å². The average molecular weight is 308 g/mol. The van der Waals surface area contributed by atoms with Crippen molar-refractivity contribution in [2.75, 3.05) is 33.2 Å². The van der Waals surface area contributed by atoms with Crippen LogP contribution in [0.15, 0.2) is 0 Å². The summed E-state index contributed by atoms with van der Waals surface area (Å²) in [6.07, 6.45) is -1.52. The number of likely N-dealkylation sites (tertiary alicyclic amines) is 1. The summed E-state index contributed by atoms with van der Waals surface area (Å²) in [5, 5.41) is 9.86. The normalized spacial score (nSPS) is 25.7. The molecule has 0 aromatic heterocycles. The Bertz CT molecular complexity index is 372. The van der Waals surface area contributed by atoms with Crippen LogP contribution in [0.3, 0.4) is 0 Å². The first-order chi connectivity index (χ1) is 9.76. The molecule has 21 heavy (non-hydrogen) atoms. The molecule has 2 rings (SSSR count). The number of likely N-dealkylation sites (N-methyl/N-ethyl adjacent to an activating group) is 1. The van der Waals surface area contributed by atoms with Crippen molar-refractivity contribution in [1.29, 1.82) is 0 Å². The first-order valence-electron chi connectivity index (χ1n) is 7.48. The van der Waals surface area contributed by atoms with E-state index in [0.29, 0.717) is 19.4 Å². The van der Waals surface area contributed by atoms with Crippen LogP contribution in [0.2, 0.25) is 0 Å². The van der Waals surface area contributed by atoms with Crippen molar-refractivity contribution >= 4 is 5.91 Å². The second-order valence-corrected chi connectivity index (χ2v) is 6.31. The number of hydrogen-bond donors (Lipinski definition) is 1. The Morgan fingerprint density at radius 1 is 1.38 bits per heavy atom. The third-order valence-electron chi connectivity index (χ3n) is 4.26. The number of nitrogens with zero attached hydrogens (tertiary/aromatic N) is 2. The second-order valence-electron chi connectivity index (χ2n) is 6.31. The number of alkyl halides is 3. The summed E-state index contributed by atoms with van der Waals surface area (Å²) in [6, 6.07) is 0. The highest BCUT2D eigenvalue weighted by molar-refractivity contribution is 5.79. The van der Waals surface area contributed by atoms with Crippen LogP contribution in [0, 0.1) is 11.8 Å². The Hall–Kier alpha value is -0.820. The van der Waals surface area contributed by atoms with Crippen molar-refractivity contribution in [3.8, 4) is 0 Å². The Kier molecular flexibility index (Phi) is 5.14. The fourth-order valence-electron chi connectivity index (χ4n) is 2.97. The first-order valence-corrected chi connectivity index (χ1v) is 7.48. The minimum atomic E-state index is -4.22. The SMILES string of the molecule is CN(CC(O)C1CC1)C(=O)C1CCCN(CC(F)(F)F)C1. The highest BCUT2D eigenvalue weighted by Gasteiger charge is 2.36. The van der Waals surface area contributed by atoms with Crippen LogP contribution in [-0.4, -0.2) is 66.3 Å². The standard InChI is InChI=1S/C14H23F3N2O2/c1-18(8-12(20)10-4-5-10)13(21)11-3-2-6-19(7-11)9-14(15,16)17/h10-12,20H,2-9H2,1H3. The fourth-order valence-corrected chi connectivity index (χ4v) is 2.97. The quantitative estimate of drug-likeness (QED) is 0.837. The van der Waals surface area contributed by atoms with Crippen LogP contribution in [0.1, 0.15) is 25.7 Å². The predicted octanol–water partition coefficient (Wildman–Crippen LogP) is 1.49. The van der Waals surface area contributed by atoms with Gasteiger partial charge in [0.05, 0.1) is 18.6 Å². The lowest BCUT2D eigenvalue weighted by atomic mass is 9.96. The number of carbonyl (C=O) groups is 1. The molecule has 1 amide bonds. The zero-order valence-electron chi connectivity index (χ0n) is 12.3. The fraction of sp³-hybridized carbons (Fsp3) is 0.929. The number of halogens is 3. The molecular formula is C14H23F3N2O2. The highest BCUT2D eigenvalue weighted by Crippen LogP contribution is 2.33. The lowest BCUT2D eigenvalue weighted by Crippen LogP contribution is -2.47. The van der Waals surface area contributed by atoms with E-state index in [1.54, 1.807) is 7.05 Å². The van der Waals surface area contributed by atoms with Crippen molar-refractivity contribution in [2.45, 2.75) is 38.0 Å². The van der Waals surface area contributed by atoms with Gasteiger partial charge in [0.15, 0.2) is 0 Å². The van der Waals surface area contributed by atoms with Gasteiger partial charge in [-0.3, -0.25) is 9.69 Å². The van der Waals surface area contributed by atoms with Crippen molar-refractivity contribution in [2.24, 2.45) is 11.8 Å². The van der Waals surface area contributed by atoms with Gasteiger partial charge in [-0.1, -0.05) is 0 Å². The molecule has 1 aliphatic heterocycles. The molecule has 2 aliphatic rings. The summed E-state index contributed by atoms with van der Waals surface area (Å²) >= 11 is 0. The van der Waals surface area contributed by atoms with Crippen LogP contribution < -0.4 is 0 Å². The number of aliphatic hydroxyl groups excluding tert-OH is 1. The number of rotatable bonds is 5. The number of carbonyl (C=O) groups excluding carboxylic acids is 1. The van der Waals surface area contributed by atoms with Gasteiger partial charge in [0.25, 0.3) is 0 Å². The molecule has 1 N–H and O–H groups in total. The molecule has 1 saturated heterocycles. The minimum absolute atomic E-state index is 0.151. The Morgan fingerprint density at radius 3 is 2.62 bits per heavy atom. The molecule has 0 bridgehead atoms. The molecule has 7 heteroatoms. The molecule has 2 atom stereocenters. The van der Waals surface area contributed by atoms with Gasteiger partial charge in [0.2, 0.25) is 5.91 Å².